The first kappa shape index (κ1) is 17.3. The number of carbonyl (C=O) groups is 2. The number of anilines is 2. The summed E-state index contributed by atoms with van der Waals surface area (Å²) in [6, 6.07) is 14.1. The molecule has 2 aromatic rings. The van der Waals surface area contributed by atoms with Crippen LogP contribution in [-0.2, 0) is 9.59 Å². The van der Waals surface area contributed by atoms with E-state index in [4.69, 9.17) is 9.47 Å². The fourth-order valence-corrected chi connectivity index (χ4v) is 2.26. The fourth-order valence-electron chi connectivity index (χ4n) is 2.26. The van der Waals surface area contributed by atoms with Crippen molar-refractivity contribution < 1.29 is 19.1 Å². The molecule has 0 fully saturated rings. The molecule has 1 N–H and O–H groups in total. The van der Waals surface area contributed by atoms with E-state index in [1.807, 2.05) is 0 Å². The van der Waals surface area contributed by atoms with Crippen molar-refractivity contribution in [3.63, 3.8) is 0 Å². The lowest BCUT2D eigenvalue weighted by molar-refractivity contribution is -0.120. The second-order valence-corrected chi connectivity index (χ2v) is 5.06. The lowest BCUT2D eigenvalue weighted by Gasteiger charge is -2.22. The third-order valence-electron chi connectivity index (χ3n) is 3.41. The molecule has 0 radical (unpaired) electrons. The number of nitrogens with zero attached hydrogens (tertiary/aromatic N) is 1. The van der Waals surface area contributed by atoms with Crippen LogP contribution < -0.4 is 19.7 Å². The van der Waals surface area contributed by atoms with E-state index in [-0.39, 0.29) is 18.4 Å². The molecule has 6 heteroatoms. The van der Waals surface area contributed by atoms with Gasteiger partial charge in [0.25, 0.3) is 0 Å². The molecule has 0 unspecified atom stereocenters. The summed E-state index contributed by atoms with van der Waals surface area (Å²) in [5.41, 5.74) is 1.15. The largest absolute Gasteiger partial charge is 0.497 e. The molecule has 24 heavy (non-hydrogen) atoms. The molecular weight excluding hydrogens is 308 g/mol. The SMILES string of the molecule is COc1cccc(NC(=O)CN(C(C)=O)c2ccccc2OC)c1. The molecule has 0 aliphatic heterocycles. The van der Waals surface area contributed by atoms with E-state index in [2.05, 4.69) is 5.32 Å². The number of hydrogen-bond acceptors (Lipinski definition) is 4. The molecule has 0 bridgehead atoms. The second kappa shape index (κ2) is 8.01. The first-order valence-corrected chi connectivity index (χ1v) is 7.40. The van der Waals surface area contributed by atoms with Gasteiger partial charge in [-0.15, -0.1) is 0 Å². The molecule has 0 saturated heterocycles. The predicted octanol–water partition coefficient (Wildman–Crippen LogP) is 2.70. The quantitative estimate of drug-likeness (QED) is 0.885. The van der Waals surface area contributed by atoms with E-state index in [1.54, 1.807) is 55.6 Å². The summed E-state index contributed by atoms with van der Waals surface area (Å²) in [5.74, 6) is 0.604. The van der Waals surface area contributed by atoms with Gasteiger partial charge in [0, 0.05) is 18.7 Å². The van der Waals surface area contributed by atoms with Gasteiger partial charge < -0.3 is 14.8 Å². The lowest BCUT2D eigenvalue weighted by Crippen LogP contribution is -2.36. The van der Waals surface area contributed by atoms with Gasteiger partial charge in [0.15, 0.2) is 0 Å². The Balaban J connectivity index is 2.15. The topological polar surface area (TPSA) is 67.9 Å². The van der Waals surface area contributed by atoms with E-state index < -0.39 is 0 Å². The van der Waals surface area contributed by atoms with Crippen LogP contribution in [0.2, 0.25) is 0 Å². The van der Waals surface area contributed by atoms with Crippen LogP contribution in [0, 0.1) is 0 Å². The zero-order chi connectivity index (χ0) is 17.5. The minimum atomic E-state index is -0.315. The van der Waals surface area contributed by atoms with E-state index in [0.717, 1.165) is 0 Å². The van der Waals surface area contributed by atoms with Gasteiger partial charge in [0.05, 0.1) is 19.9 Å². The van der Waals surface area contributed by atoms with Gasteiger partial charge in [-0.25, -0.2) is 0 Å². The number of nitrogens with one attached hydrogen (secondary N) is 1. The van der Waals surface area contributed by atoms with E-state index in [9.17, 15) is 9.59 Å². The molecule has 0 spiro atoms. The van der Waals surface area contributed by atoms with Crippen LogP contribution in [0.3, 0.4) is 0 Å². The summed E-state index contributed by atoms with van der Waals surface area (Å²) in [4.78, 5) is 25.7. The van der Waals surface area contributed by atoms with Gasteiger partial charge in [0.1, 0.15) is 18.0 Å². The zero-order valence-corrected chi connectivity index (χ0v) is 13.9. The van der Waals surface area contributed by atoms with Crippen LogP contribution in [-0.4, -0.2) is 32.6 Å². The number of ether oxygens (including phenoxy) is 2. The minimum Gasteiger partial charge on any atom is -0.497 e. The summed E-state index contributed by atoms with van der Waals surface area (Å²) in [5, 5.41) is 2.76. The molecule has 0 aliphatic carbocycles. The van der Waals surface area contributed by atoms with Crippen LogP contribution >= 0.6 is 0 Å². The lowest BCUT2D eigenvalue weighted by atomic mass is 10.2. The van der Waals surface area contributed by atoms with Crippen LogP contribution in [0.15, 0.2) is 48.5 Å². The predicted molar refractivity (Wildman–Crippen MR) is 92.6 cm³/mol. The Labute approximate surface area is 141 Å². The summed E-state index contributed by atoms with van der Waals surface area (Å²) < 4.78 is 10.4. The van der Waals surface area contributed by atoms with Gasteiger partial charge in [-0.2, -0.15) is 0 Å². The highest BCUT2D eigenvalue weighted by molar-refractivity contribution is 6.02. The van der Waals surface area contributed by atoms with Crippen LogP contribution in [0.1, 0.15) is 6.92 Å². The Morgan fingerprint density at radius 3 is 2.46 bits per heavy atom. The molecule has 6 nitrogen and oxygen atoms in total. The molecule has 0 aromatic heterocycles. The maximum Gasteiger partial charge on any atom is 0.244 e. The molecule has 2 aromatic carbocycles. The first-order chi connectivity index (χ1) is 11.5. The number of rotatable bonds is 6. The number of amides is 2. The van der Waals surface area contributed by atoms with Crippen LogP contribution in [0.25, 0.3) is 0 Å². The molecule has 0 atom stereocenters. The van der Waals surface area contributed by atoms with E-state index in [1.165, 1.54) is 18.9 Å². The van der Waals surface area contributed by atoms with Crippen molar-refractivity contribution in [2.24, 2.45) is 0 Å². The average Bonchev–Trinajstić information content (AvgIpc) is 2.59. The minimum absolute atomic E-state index is 0.118. The standard InChI is InChI=1S/C18H20N2O4/c1-13(21)20(16-9-4-5-10-17(16)24-3)12-18(22)19-14-7-6-8-15(11-14)23-2/h4-11H,12H2,1-3H3,(H,19,22). The van der Waals surface area contributed by atoms with Crippen LogP contribution in [0.4, 0.5) is 11.4 Å². The van der Waals surface area contributed by atoms with Crippen molar-refractivity contribution in [2.75, 3.05) is 31.0 Å². The monoisotopic (exact) mass is 328 g/mol. The van der Waals surface area contributed by atoms with Crippen molar-refractivity contribution in [1.29, 1.82) is 0 Å². The molecule has 0 saturated carbocycles. The Morgan fingerprint density at radius 1 is 1.04 bits per heavy atom. The number of para-hydroxylation sites is 2. The first-order valence-electron chi connectivity index (χ1n) is 7.40. The van der Waals surface area contributed by atoms with Gasteiger partial charge in [0.2, 0.25) is 11.8 Å². The molecule has 0 heterocycles. The Bertz CT molecular complexity index is 730. The Kier molecular flexibility index (Phi) is 5.78. The van der Waals surface area contributed by atoms with Crippen molar-refractivity contribution in [3.8, 4) is 11.5 Å². The highest BCUT2D eigenvalue weighted by Gasteiger charge is 2.19. The molecule has 2 rings (SSSR count). The molecule has 2 amide bonds. The fraction of sp³-hybridized carbons (Fsp3) is 0.222. The summed E-state index contributed by atoms with van der Waals surface area (Å²) in [6.45, 7) is 1.29. The van der Waals surface area contributed by atoms with E-state index >= 15 is 0 Å². The highest BCUT2D eigenvalue weighted by Crippen LogP contribution is 2.27. The van der Waals surface area contributed by atoms with Crippen molar-refractivity contribution in [3.05, 3.63) is 48.5 Å². The summed E-state index contributed by atoms with van der Waals surface area (Å²) in [6.07, 6.45) is 0. The number of methoxy groups -OCH3 is 2. The smallest absolute Gasteiger partial charge is 0.244 e. The van der Waals surface area contributed by atoms with Crippen molar-refractivity contribution in [1.82, 2.24) is 0 Å². The third-order valence-corrected chi connectivity index (χ3v) is 3.41. The van der Waals surface area contributed by atoms with Gasteiger partial charge in [-0.1, -0.05) is 18.2 Å². The molecule has 126 valence electrons. The van der Waals surface area contributed by atoms with Gasteiger partial charge in [-0.3, -0.25) is 14.5 Å². The van der Waals surface area contributed by atoms with Crippen molar-refractivity contribution in [2.45, 2.75) is 6.92 Å². The van der Waals surface area contributed by atoms with Gasteiger partial charge >= 0.3 is 0 Å². The zero-order valence-electron chi connectivity index (χ0n) is 13.9. The number of benzene rings is 2. The average molecular weight is 328 g/mol. The maximum atomic E-state index is 12.3. The maximum absolute atomic E-state index is 12.3. The normalized spacial score (nSPS) is 9.96. The van der Waals surface area contributed by atoms with Gasteiger partial charge in [-0.05, 0) is 24.3 Å². The second-order valence-electron chi connectivity index (χ2n) is 5.06. The Morgan fingerprint density at radius 2 is 1.79 bits per heavy atom. The third kappa shape index (κ3) is 4.25. The molecule has 0 aliphatic rings. The number of hydrogen-bond donors (Lipinski definition) is 1. The summed E-state index contributed by atoms with van der Waals surface area (Å²) >= 11 is 0. The highest BCUT2D eigenvalue weighted by atomic mass is 16.5. The van der Waals surface area contributed by atoms with Crippen LogP contribution in [0.5, 0.6) is 11.5 Å². The molecular formula is C18H20N2O4. The summed E-state index contributed by atoms with van der Waals surface area (Å²) in [7, 11) is 3.08. The van der Waals surface area contributed by atoms with Crippen molar-refractivity contribution >= 4 is 23.2 Å². The Hall–Kier alpha value is -3.02. The number of carbonyl (C=O) groups excluding carboxylic acids is 2. The van der Waals surface area contributed by atoms with E-state index in [0.29, 0.717) is 22.9 Å².